The van der Waals surface area contributed by atoms with Gasteiger partial charge in [0.15, 0.2) is 0 Å². The predicted molar refractivity (Wildman–Crippen MR) is 72.8 cm³/mol. The van der Waals surface area contributed by atoms with Crippen molar-refractivity contribution >= 4 is 10.9 Å². The summed E-state index contributed by atoms with van der Waals surface area (Å²) in [5.41, 5.74) is 9.46. The van der Waals surface area contributed by atoms with Gasteiger partial charge in [0.1, 0.15) is 0 Å². The fourth-order valence-corrected chi connectivity index (χ4v) is 2.10. The van der Waals surface area contributed by atoms with Crippen molar-refractivity contribution in [2.24, 2.45) is 12.8 Å². The molecule has 1 aromatic heterocycles. The molecular weight excluding hydrogens is 210 g/mol. The van der Waals surface area contributed by atoms with E-state index >= 15 is 0 Å². The number of rotatable bonds is 4. The van der Waals surface area contributed by atoms with Gasteiger partial charge in [-0.3, -0.25) is 0 Å². The van der Waals surface area contributed by atoms with E-state index in [2.05, 4.69) is 55.2 Å². The minimum Gasteiger partial charge on any atom is -0.350 e. The van der Waals surface area contributed by atoms with Gasteiger partial charge in [0.05, 0.1) is 0 Å². The summed E-state index contributed by atoms with van der Waals surface area (Å²) in [6, 6.07) is 6.97. The molecule has 0 unspecified atom stereocenters. The van der Waals surface area contributed by atoms with E-state index in [1.165, 1.54) is 22.0 Å². The Kier molecular flexibility index (Phi) is 3.50. The molecule has 3 N–H and O–H groups in total. The van der Waals surface area contributed by atoms with Crippen LogP contribution in [0.15, 0.2) is 24.4 Å². The molecule has 0 aliphatic carbocycles. The summed E-state index contributed by atoms with van der Waals surface area (Å²) in [6.07, 6.45) is 2.19. The van der Waals surface area contributed by atoms with Crippen LogP contribution in [0.3, 0.4) is 0 Å². The molecular formula is C14H21N3. The van der Waals surface area contributed by atoms with Gasteiger partial charge in [-0.2, -0.15) is 0 Å². The third kappa shape index (κ3) is 2.51. The number of benzene rings is 1. The fraction of sp³-hybridized carbons (Fsp3) is 0.429. The van der Waals surface area contributed by atoms with Crippen LogP contribution in [0.1, 0.15) is 25.0 Å². The second-order valence-corrected chi connectivity index (χ2v) is 4.86. The molecule has 0 atom stereocenters. The summed E-state index contributed by atoms with van der Waals surface area (Å²) < 4.78 is 2.17. The highest BCUT2D eigenvalue weighted by atomic mass is 14.9. The van der Waals surface area contributed by atoms with Gasteiger partial charge in [-0.25, -0.2) is 0 Å². The number of nitrogens with one attached hydrogen (secondary N) is 1. The molecule has 0 bridgehead atoms. The molecule has 92 valence electrons. The number of nitrogens with two attached hydrogens (primary N) is 1. The van der Waals surface area contributed by atoms with Crippen molar-refractivity contribution < 1.29 is 0 Å². The molecule has 0 amide bonds. The lowest BCUT2D eigenvalue weighted by atomic mass is 10.1. The van der Waals surface area contributed by atoms with Gasteiger partial charge in [0.25, 0.3) is 0 Å². The van der Waals surface area contributed by atoms with E-state index in [1.807, 2.05) is 0 Å². The molecule has 2 aromatic rings. The second kappa shape index (κ2) is 4.90. The van der Waals surface area contributed by atoms with Crippen LogP contribution in [-0.4, -0.2) is 10.6 Å². The smallest absolute Gasteiger partial charge is 0.0484 e. The van der Waals surface area contributed by atoms with E-state index in [1.54, 1.807) is 0 Å². The lowest BCUT2D eigenvalue weighted by Gasteiger charge is -2.06. The van der Waals surface area contributed by atoms with Gasteiger partial charge in [0, 0.05) is 43.3 Å². The Morgan fingerprint density at radius 2 is 2.12 bits per heavy atom. The van der Waals surface area contributed by atoms with Crippen molar-refractivity contribution in [1.82, 2.24) is 9.88 Å². The molecule has 3 heteroatoms. The molecule has 0 fully saturated rings. The van der Waals surface area contributed by atoms with Gasteiger partial charge in [-0.05, 0) is 17.2 Å². The van der Waals surface area contributed by atoms with Crippen LogP contribution in [0.2, 0.25) is 0 Å². The van der Waals surface area contributed by atoms with Gasteiger partial charge in [-0.15, -0.1) is 0 Å². The van der Waals surface area contributed by atoms with Crippen LogP contribution in [0, 0.1) is 0 Å². The van der Waals surface area contributed by atoms with Crippen LogP contribution < -0.4 is 11.1 Å². The number of aromatic nitrogens is 1. The number of fused-ring (bicyclic) bond motifs is 1. The Bertz CT molecular complexity index is 511. The van der Waals surface area contributed by atoms with E-state index < -0.39 is 0 Å². The maximum Gasteiger partial charge on any atom is 0.0484 e. The first-order valence-electron chi connectivity index (χ1n) is 6.12. The van der Waals surface area contributed by atoms with Gasteiger partial charge < -0.3 is 15.6 Å². The summed E-state index contributed by atoms with van der Waals surface area (Å²) in [4.78, 5) is 0. The van der Waals surface area contributed by atoms with Crippen molar-refractivity contribution in [3.8, 4) is 0 Å². The monoisotopic (exact) mass is 231 g/mol. The maximum atomic E-state index is 5.67. The first kappa shape index (κ1) is 12.1. The average Bonchev–Trinajstić information content (AvgIpc) is 2.63. The number of aryl methyl sites for hydroxylation is 1. The number of hydrogen-bond acceptors (Lipinski definition) is 2. The summed E-state index contributed by atoms with van der Waals surface area (Å²) in [6.45, 7) is 5.84. The SMILES string of the molecule is CC(C)NCc1cn(C)c2cc(CN)ccc12. The van der Waals surface area contributed by atoms with Gasteiger partial charge >= 0.3 is 0 Å². The van der Waals surface area contributed by atoms with Crippen LogP contribution in [-0.2, 0) is 20.1 Å². The zero-order valence-corrected chi connectivity index (χ0v) is 10.8. The molecule has 2 rings (SSSR count). The first-order valence-corrected chi connectivity index (χ1v) is 6.12. The highest BCUT2D eigenvalue weighted by molar-refractivity contribution is 5.84. The van der Waals surface area contributed by atoms with Crippen LogP contribution in [0.25, 0.3) is 10.9 Å². The minimum absolute atomic E-state index is 0.508. The van der Waals surface area contributed by atoms with E-state index in [0.29, 0.717) is 12.6 Å². The predicted octanol–water partition coefficient (Wildman–Crippen LogP) is 2.13. The van der Waals surface area contributed by atoms with Crippen LogP contribution in [0.4, 0.5) is 0 Å². The second-order valence-electron chi connectivity index (χ2n) is 4.86. The van der Waals surface area contributed by atoms with Crippen molar-refractivity contribution in [1.29, 1.82) is 0 Å². The molecule has 1 aromatic carbocycles. The summed E-state index contributed by atoms with van der Waals surface area (Å²) in [7, 11) is 2.08. The fourth-order valence-electron chi connectivity index (χ4n) is 2.10. The van der Waals surface area contributed by atoms with Crippen molar-refractivity contribution in [2.75, 3.05) is 0 Å². The van der Waals surface area contributed by atoms with E-state index in [-0.39, 0.29) is 0 Å². The van der Waals surface area contributed by atoms with Crippen molar-refractivity contribution in [2.45, 2.75) is 33.0 Å². The largest absolute Gasteiger partial charge is 0.350 e. The van der Waals surface area contributed by atoms with Crippen LogP contribution in [0.5, 0.6) is 0 Å². The molecule has 1 heterocycles. The Labute approximate surface area is 103 Å². The molecule has 0 saturated heterocycles. The summed E-state index contributed by atoms with van der Waals surface area (Å²) >= 11 is 0. The van der Waals surface area contributed by atoms with E-state index in [4.69, 9.17) is 5.73 Å². The normalized spacial score (nSPS) is 11.6. The highest BCUT2D eigenvalue weighted by Crippen LogP contribution is 2.22. The molecule has 0 aliphatic heterocycles. The molecule has 0 radical (unpaired) electrons. The Morgan fingerprint density at radius 3 is 2.76 bits per heavy atom. The Hall–Kier alpha value is -1.32. The first-order chi connectivity index (χ1) is 8.11. The number of hydrogen-bond donors (Lipinski definition) is 2. The summed E-state index contributed by atoms with van der Waals surface area (Å²) in [5.74, 6) is 0. The molecule has 0 aliphatic rings. The molecule has 0 saturated carbocycles. The third-order valence-electron chi connectivity index (χ3n) is 3.07. The van der Waals surface area contributed by atoms with E-state index in [0.717, 1.165) is 6.54 Å². The third-order valence-corrected chi connectivity index (χ3v) is 3.07. The lowest BCUT2D eigenvalue weighted by Crippen LogP contribution is -2.21. The van der Waals surface area contributed by atoms with Crippen LogP contribution >= 0.6 is 0 Å². The van der Waals surface area contributed by atoms with Crippen molar-refractivity contribution in [3.05, 3.63) is 35.5 Å². The average molecular weight is 231 g/mol. The Balaban J connectivity index is 2.38. The maximum absolute atomic E-state index is 5.67. The minimum atomic E-state index is 0.508. The van der Waals surface area contributed by atoms with Crippen molar-refractivity contribution in [3.63, 3.8) is 0 Å². The van der Waals surface area contributed by atoms with Gasteiger partial charge in [0.2, 0.25) is 0 Å². The number of nitrogens with zero attached hydrogens (tertiary/aromatic N) is 1. The molecule has 17 heavy (non-hydrogen) atoms. The molecule has 3 nitrogen and oxygen atoms in total. The zero-order chi connectivity index (χ0) is 12.4. The summed E-state index contributed by atoms with van der Waals surface area (Å²) in [5, 5.41) is 4.78. The van der Waals surface area contributed by atoms with Gasteiger partial charge in [-0.1, -0.05) is 26.0 Å². The lowest BCUT2D eigenvalue weighted by molar-refractivity contribution is 0.590. The Morgan fingerprint density at radius 1 is 1.35 bits per heavy atom. The van der Waals surface area contributed by atoms with E-state index in [9.17, 15) is 0 Å². The molecule has 0 spiro atoms. The zero-order valence-electron chi connectivity index (χ0n) is 10.8. The quantitative estimate of drug-likeness (QED) is 0.846. The topological polar surface area (TPSA) is 43.0 Å². The highest BCUT2D eigenvalue weighted by Gasteiger charge is 2.07. The standard InChI is InChI=1S/C14H21N3/c1-10(2)16-8-12-9-17(3)14-6-11(7-15)4-5-13(12)14/h4-6,9-10,16H,7-8,15H2,1-3H3.